The minimum atomic E-state index is -4.43. The van der Waals surface area contributed by atoms with Gasteiger partial charge < -0.3 is 10.2 Å². The Morgan fingerprint density at radius 1 is 1.37 bits per heavy atom. The van der Waals surface area contributed by atoms with Gasteiger partial charge in [-0.05, 0) is 31.5 Å². The zero-order chi connectivity index (χ0) is 13.9. The first-order valence-electron chi connectivity index (χ1n) is 6.40. The first kappa shape index (κ1) is 14.0. The van der Waals surface area contributed by atoms with E-state index in [0.717, 1.165) is 38.5 Å². The van der Waals surface area contributed by atoms with Crippen LogP contribution in [0.3, 0.4) is 0 Å². The van der Waals surface area contributed by atoms with Gasteiger partial charge in [-0.2, -0.15) is 13.2 Å². The molecule has 0 spiro atoms. The highest BCUT2D eigenvalue weighted by molar-refractivity contribution is 5.40. The molecule has 1 aromatic rings. The maximum atomic E-state index is 12.4. The van der Waals surface area contributed by atoms with Gasteiger partial charge in [-0.1, -0.05) is 6.92 Å². The van der Waals surface area contributed by atoms with Crippen molar-refractivity contribution in [1.82, 2.24) is 15.5 Å². The first-order chi connectivity index (χ1) is 9.02. The summed E-state index contributed by atoms with van der Waals surface area (Å²) < 4.78 is 37.2. The molecule has 0 amide bonds. The third-order valence-electron chi connectivity index (χ3n) is 3.24. The molecule has 1 aliphatic heterocycles. The molecule has 1 saturated heterocycles. The lowest BCUT2D eigenvalue weighted by Crippen LogP contribution is -2.38. The Kier molecular flexibility index (Phi) is 4.24. The van der Waals surface area contributed by atoms with E-state index in [4.69, 9.17) is 0 Å². The Balaban J connectivity index is 2.08. The molecule has 0 aliphatic carbocycles. The summed E-state index contributed by atoms with van der Waals surface area (Å²) >= 11 is 0. The van der Waals surface area contributed by atoms with Crippen molar-refractivity contribution >= 4 is 5.82 Å². The largest absolute Gasteiger partial charge is 0.435 e. The summed E-state index contributed by atoms with van der Waals surface area (Å²) in [4.78, 5) is 2.02. The molecule has 1 unspecified atom stereocenters. The molecule has 1 aliphatic rings. The molecular weight excluding hydrogens is 257 g/mol. The summed E-state index contributed by atoms with van der Waals surface area (Å²) in [6, 6.07) is 2.68. The van der Waals surface area contributed by atoms with Crippen LogP contribution in [0.5, 0.6) is 0 Å². The van der Waals surface area contributed by atoms with Gasteiger partial charge in [0.05, 0.1) is 0 Å². The van der Waals surface area contributed by atoms with Crippen LogP contribution in [-0.4, -0.2) is 35.9 Å². The number of anilines is 1. The van der Waals surface area contributed by atoms with Crippen LogP contribution >= 0.6 is 0 Å². The standard InChI is InChI=1S/C12H17F3N4/c1-2-16-8-9-4-3-7-19(9)11-6-5-10(17-18-11)12(13,14)15/h5-6,9,16H,2-4,7-8H2,1H3. The number of alkyl halides is 3. The first-order valence-corrected chi connectivity index (χ1v) is 6.40. The van der Waals surface area contributed by atoms with E-state index in [1.165, 1.54) is 6.07 Å². The van der Waals surface area contributed by atoms with Crippen molar-refractivity contribution in [2.75, 3.05) is 24.5 Å². The van der Waals surface area contributed by atoms with E-state index in [1.54, 1.807) is 0 Å². The number of hydrogen-bond donors (Lipinski definition) is 1. The van der Waals surface area contributed by atoms with Gasteiger partial charge in [0.2, 0.25) is 0 Å². The lowest BCUT2D eigenvalue weighted by molar-refractivity contribution is -0.141. The van der Waals surface area contributed by atoms with E-state index in [1.807, 2.05) is 11.8 Å². The van der Waals surface area contributed by atoms with Gasteiger partial charge in [-0.15, -0.1) is 10.2 Å². The van der Waals surface area contributed by atoms with Crippen molar-refractivity contribution in [2.24, 2.45) is 0 Å². The third kappa shape index (κ3) is 3.34. The zero-order valence-electron chi connectivity index (χ0n) is 10.7. The normalized spacial score (nSPS) is 20.0. The SMILES string of the molecule is CCNCC1CCCN1c1ccc(C(F)(F)F)nn1. The average Bonchev–Trinajstić information content (AvgIpc) is 2.83. The highest BCUT2D eigenvalue weighted by atomic mass is 19.4. The average molecular weight is 274 g/mol. The lowest BCUT2D eigenvalue weighted by Gasteiger charge is -2.25. The van der Waals surface area contributed by atoms with Crippen LogP contribution in [0.15, 0.2) is 12.1 Å². The Hall–Kier alpha value is -1.37. The van der Waals surface area contributed by atoms with Crippen LogP contribution in [0.1, 0.15) is 25.5 Å². The van der Waals surface area contributed by atoms with Crippen LogP contribution in [0.2, 0.25) is 0 Å². The van der Waals surface area contributed by atoms with Crippen molar-refractivity contribution in [3.63, 3.8) is 0 Å². The fourth-order valence-corrected chi connectivity index (χ4v) is 2.29. The van der Waals surface area contributed by atoms with Gasteiger partial charge in [0.1, 0.15) is 0 Å². The summed E-state index contributed by atoms with van der Waals surface area (Å²) in [5, 5.41) is 10.2. The van der Waals surface area contributed by atoms with Crippen LogP contribution in [0.25, 0.3) is 0 Å². The predicted octanol–water partition coefficient (Wildman–Crippen LogP) is 2.07. The molecule has 7 heteroatoms. The van der Waals surface area contributed by atoms with Crippen molar-refractivity contribution < 1.29 is 13.2 Å². The third-order valence-corrected chi connectivity index (χ3v) is 3.24. The van der Waals surface area contributed by atoms with Crippen molar-refractivity contribution in [3.05, 3.63) is 17.8 Å². The highest BCUT2D eigenvalue weighted by Crippen LogP contribution is 2.29. The van der Waals surface area contributed by atoms with Crippen LogP contribution in [0.4, 0.5) is 19.0 Å². The van der Waals surface area contributed by atoms with E-state index in [0.29, 0.717) is 5.82 Å². The number of nitrogens with zero attached hydrogens (tertiary/aromatic N) is 3. The van der Waals surface area contributed by atoms with E-state index < -0.39 is 11.9 Å². The summed E-state index contributed by atoms with van der Waals surface area (Å²) in [6.07, 6.45) is -2.38. The number of hydrogen-bond acceptors (Lipinski definition) is 4. The molecule has 2 heterocycles. The van der Waals surface area contributed by atoms with E-state index >= 15 is 0 Å². The van der Waals surface area contributed by atoms with Crippen LogP contribution in [0, 0.1) is 0 Å². The number of aromatic nitrogens is 2. The monoisotopic (exact) mass is 274 g/mol. The van der Waals surface area contributed by atoms with E-state index in [2.05, 4.69) is 15.5 Å². The molecule has 1 fully saturated rings. The summed E-state index contributed by atoms with van der Waals surface area (Å²) in [6.45, 7) is 4.54. The van der Waals surface area contributed by atoms with Gasteiger partial charge in [0.15, 0.2) is 11.5 Å². The quantitative estimate of drug-likeness (QED) is 0.912. The maximum absolute atomic E-state index is 12.4. The van der Waals surface area contributed by atoms with Gasteiger partial charge >= 0.3 is 6.18 Å². The molecule has 1 N–H and O–H groups in total. The minimum Gasteiger partial charge on any atom is -0.351 e. The second-order valence-electron chi connectivity index (χ2n) is 4.57. The molecule has 0 aromatic carbocycles. The molecule has 0 saturated carbocycles. The van der Waals surface area contributed by atoms with Gasteiger partial charge in [-0.3, -0.25) is 0 Å². The summed E-state index contributed by atoms with van der Waals surface area (Å²) in [5.74, 6) is 0.522. The Labute approximate surface area is 110 Å². The molecule has 1 aromatic heterocycles. The number of nitrogens with one attached hydrogen (secondary N) is 1. The van der Waals surface area contributed by atoms with Gasteiger partial charge in [-0.25, -0.2) is 0 Å². The molecule has 1 atom stereocenters. The highest BCUT2D eigenvalue weighted by Gasteiger charge is 2.33. The van der Waals surface area contributed by atoms with E-state index in [9.17, 15) is 13.2 Å². The molecule has 4 nitrogen and oxygen atoms in total. The van der Waals surface area contributed by atoms with Gasteiger partial charge in [0.25, 0.3) is 0 Å². The second-order valence-corrected chi connectivity index (χ2v) is 4.57. The Morgan fingerprint density at radius 3 is 2.74 bits per heavy atom. The lowest BCUT2D eigenvalue weighted by atomic mass is 10.2. The summed E-state index contributed by atoms with van der Waals surface area (Å²) in [7, 11) is 0. The van der Waals surface area contributed by atoms with Crippen molar-refractivity contribution in [1.29, 1.82) is 0 Å². The minimum absolute atomic E-state index is 0.283. The number of rotatable bonds is 4. The molecule has 106 valence electrons. The van der Waals surface area contributed by atoms with Crippen molar-refractivity contribution in [2.45, 2.75) is 32.0 Å². The topological polar surface area (TPSA) is 41.0 Å². The summed E-state index contributed by atoms with van der Waals surface area (Å²) in [5.41, 5.74) is -0.946. The fraction of sp³-hybridized carbons (Fsp3) is 0.667. The predicted molar refractivity (Wildman–Crippen MR) is 65.9 cm³/mol. The number of likely N-dealkylation sites (N-methyl/N-ethyl adjacent to an activating group) is 1. The zero-order valence-corrected chi connectivity index (χ0v) is 10.7. The van der Waals surface area contributed by atoms with Gasteiger partial charge in [0, 0.05) is 19.1 Å². The molecule has 0 bridgehead atoms. The molecular formula is C12H17F3N4. The Bertz CT molecular complexity index is 404. The number of halogens is 3. The second kappa shape index (κ2) is 5.73. The fourth-order valence-electron chi connectivity index (χ4n) is 2.29. The molecule has 0 radical (unpaired) electrons. The Morgan fingerprint density at radius 2 is 2.16 bits per heavy atom. The van der Waals surface area contributed by atoms with Crippen LogP contribution < -0.4 is 10.2 Å². The maximum Gasteiger partial charge on any atom is 0.435 e. The molecule has 2 rings (SSSR count). The van der Waals surface area contributed by atoms with Crippen molar-refractivity contribution in [3.8, 4) is 0 Å². The smallest absolute Gasteiger partial charge is 0.351 e. The van der Waals surface area contributed by atoms with Crippen LogP contribution in [-0.2, 0) is 6.18 Å². The van der Waals surface area contributed by atoms with E-state index in [-0.39, 0.29) is 6.04 Å². The molecule has 19 heavy (non-hydrogen) atoms.